The van der Waals surface area contributed by atoms with Crippen molar-refractivity contribution in [1.82, 2.24) is 10.6 Å². The highest BCUT2D eigenvalue weighted by molar-refractivity contribution is 5.84. The molecule has 6 heteroatoms. The van der Waals surface area contributed by atoms with Gasteiger partial charge in [-0.2, -0.15) is 0 Å². The van der Waals surface area contributed by atoms with Crippen molar-refractivity contribution in [3.63, 3.8) is 0 Å². The zero-order valence-electron chi connectivity index (χ0n) is 14.4. The molecule has 0 amide bonds. The lowest BCUT2D eigenvalue weighted by Gasteiger charge is -2.20. The number of hydrogen-bond donors (Lipinski definition) is 2. The van der Waals surface area contributed by atoms with Gasteiger partial charge in [0.15, 0.2) is 5.96 Å². The van der Waals surface area contributed by atoms with Gasteiger partial charge < -0.3 is 20.1 Å². The first-order valence-corrected chi connectivity index (χ1v) is 7.69. The van der Waals surface area contributed by atoms with Crippen LogP contribution in [0.5, 0.6) is 0 Å². The number of guanidine groups is 1. The van der Waals surface area contributed by atoms with Gasteiger partial charge in [-0.1, -0.05) is 30.3 Å². The van der Waals surface area contributed by atoms with Crippen molar-refractivity contribution in [3.05, 3.63) is 35.9 Å². The number of rotatable bonds is 7. The first kappa shape index (κ1) is 19.0. The monoisotopic (exact) mass is 321 g/mol. The molecule has 128 valence electrons. The third kappa shape index (κ3) is 9.52. The molecule has 0 saturated heterocycles. The molecule has 23 heavy (non-hydrogen) atoms. The van der Waals surface area contributed by atoms with Crippen LogP contribution in [0, 0.1) is 0 Å². The van der Waals surface area contributed by atoms with Crippen molar-refractivity contribution in [2.75, 3.05) is 26.7 Å². The Balaban J connectivity index is 2.15. The molecule has 1 rings (SSSR count). The highest BCUT2D eigenvalue weighted by atomic mass is 16.6. The van der Waals surface area contributed by atoms with Crippen LogP contribution in [0.3, 0.4) is 0 Å². The number of esters is 1. The van der Waals surface area contributed by atoms with E-state index in [1.54, 1.807) is 7.05 Å². The van der Waals surface area contributed by atoms with Crippen molar-refractivity contribution in [1.29, 1.82) is 0 Å². The van der Waals surface area contributed by atoms with Crippen LogP contribution in [-0.4, -0.2) is 44.3 Å². The summed E-state index contributed by atoms with van der Waals surface area (Å²) >= 11 is 0. The maximum atomic E-state index is 11.6. The van der Waals surface area contributed by atoms with Crippen molar-refractivity contribution >= 4 is 11.9 Å². The fraction of sp³-hybridized carbons (Fsp3) is 0.529. The van der Waals surface area contributed by atoms with Gasteiger partial charge >= 0.3 is 5.97 Å². The first-order valence-electron chi connectivity index (χ1n) is 7.69. The second-order valence-corrected chi connectivity index (χ2v) is 5.98. The Morgan fingerprint density at radius 2 is 1.87 bits per heavy atom. The fourth-order valence-electron chi connectivity index (χ4n) is 1.76. The van der Waals surface area contributed by atoms with Crippen LogP contribution in [0.2, 0.25) is 0 Å². The zero-order chi connectivity index (χ0) is 17.1. The largest absolute Gasteiger partial charge is 0.459 e. The first-order chi connectivity index (χ1) is 10.9. The van der Waals surface area contributed by atoms with E-state index in [4.69, 9.17) is 9.47 Å². The molecule has 0 aliphatic carbocycles. The average Bonchev–Trinajstić information content (AvgIpc) is 2.49. The molecule has 0 aromatic heterocycles. The predicted molar refractivity (Wildman–Crippen MR) is 91.3 cm³/mol. The topological polar surface area (TPSA) is 72.0 Å². The van der Waals surface area contributed by atoms with Crippen molar-refractivity contribution < 1.29 is 14.3 Å². The highest BCUT2D eigenvalue weighted by Gasteiger charge is 2.16. The number of hydrogen-bond acceptors (Lipinski definition) is 4. The van der Waals surface area contributed by atoms with Gasteiger partial charge in [-0.05, 0) is 26.3 Å². The summed E-state index contributed by atoms with van der Waals surface area (Å²) in [5, 5.41) is 5.99. The van der Waals surface area contributed by atoms with Crippen LogP contribution in [0.4, 0.5) is 0 Å². The Morgan fingerprint density at radius 1 is 1.17 bits per heavy atom. The molecule has 0 spiro atoms. The minimum absolute atomic E-state index is 0.0712. The van der Waals surface area contributed by atoms with Crippen LogP contribution in [0.1, 0.15) is 26.3 Å². The van der Waals surface area contributed by atoms with Crippen LogP contribution in [-0.2, 0) is 20.9 Å². The molecule has 0 saturated carbocycles. The van der Waals surface area contributed by atoms with E-state index in [-0.39, 0.29) is 12.5 Å². The van der Waals surface area contributed by atoms with E-state index in [2.05, 4.69) is 15.6 Å². The Bertz CT molecular complexity index is 496. The number of aliphatic imine (C=N–C) groups is 1. The third-order valence-corrected chi connectivity index (χ3v) is 2.69. The quantitative estimate of drug-likeness (QED) is 0.346. The average molecular weight is 321 g/mol. The Kier molecular flexibility index (Phi) is 8.11. The van der Waals surface area contributed by atoms with Crippen molar-refractivity contribution in [2.24, 2.45) is 4.99 Å². The van der Waals surface area contributed by atoms with Gasteiger partial charge in [-0.15, -0.1) is 0 Å². The number of benzene rings is 1. The summed E-state index contributed by atoms with van der Waals surface area (Å²) in [5.74, 6) is 0.222. The summed E-state index contributed by atoms with van der Waals surface area (Å²) in [6.45, 7) is 7.29. The lowest BCUT2D eigenvalue weighted by molar-refractivity contribution is -0.153. The second-order valence-electron chi connectivity index (χ2n) is 5.98. The standard InChI is InChI=1S/C17H27N3O3/c1-17(2,3)23-15(21)12-20-16(18-4)19-10-11-22-13-14-8-6-5-7-9-14/h5-9H,10-13H2,1-4H3,(H2,18,19,20). The molecule has 0 radical (unpaired) electrons. The molecule has 6 nitrogen and oxygen atoms in total. The van der Waals surface area contributed by atoms with E-state index in [9.17, 15) is 4.79 Å². The second kappa shape index (κ2) is 9.84. The van der Waals surface area contributed by atoms with Crippen LogP contribution < -0.4 is 10.6 Å². The molecule has 2 N–H and O–H groups in total. The number of ether oxygens (including phenoxy) is 2. The Labute approximate surface area is 138 Å². The predicted octanol–water partition coefficient (Wildman–Crippen LogP) is 1.71. The fourth-order valence-corrected chi connectivity index (χ4v) is 1.76. The Hall–Kier alpha value is -2.08. The molecule has 1 aromatic carbocycles. The van der Waals surface area contributed by atoms with E-state index >= 15 is 0 Å². The molecule has 0 aliphatic heterocycles. The van der Waals surface area contributed by atoms with Crippen molar-refractivity contribution in [2.45, 2.75) is 33.0 Å². The minimum Gasteiger partial charge on any atom is -0.459 e. The van der Waals surface area contributed by atoms with Crippen LogP contribution in [0.25, 0.3) is 0 Å². The molecule has 0 fully saturated rings. The van der Waals surface area contributed by atoms with Gasteiger partial charge in [0.1, 0.15) is 12.1 Å². The van der Waals surface area contributed by atoms with E-state index < -0.39 is 5.60 Å². The number of nitrogens with zero attached hydrogens (tertiary/aromatic N) is 1. The summed E-state index contributed by atoms with van der Waals surface area (Å²) < 4.78 is 10.8. The minimum atomic E-state index is -0.485. The summed E-state index contributed by atoms with van der Waals surface area (Å²) in [4.78, 5) is 15.7. The molecule has 0 aliphatic rings. The van der Waals surface area contributed by atoms with Gasteiger partial charge in [0.05, 0.1) is 13.2 Å². The molecular weight excluding hydrogens is 294 g/mol. The zero-order valence-corrected chi connectivity index (χ0v) is 14.4. The number of carbonyl (C=O) groups is 1. The number of carbonyl (C=O) groups excluding carboxylic acids is 1. The normalized spacial score (nSPS) is 11.9. The lowest BCUT2D eigenvalue weighted by atomic mass is 10.2. The lowest BCUT2D eigenvalue weighted by Crippen LogP contribution is -2.42. The SMILES string of the molecule is CN=C(NCCOCc1ccccc1)NCC(=O)OC(C)(C)C. The highest BCUT2D eigenvalue weighted by Crippen LogP contribution is 2.06. The van der Waals surface area contributed by atoms with Gasteiger partial charge in [0.2, 0.25) is 0 Å². The van der Waals surface area contributed by atoms with E-state index in [1.165, 1.54) is 0 Å². The molecule has 0 atom stereocenters. The van der Waals surface area contributed by atoms with Gasteiger partial charge in [-0.25, -0.2) is 0 Å². The maximum absolute atomic E-state index is 11.6. The maximum Gasteiger partial charge on any atom is 0.325 e. The number of nitrogens with one attached hydrogen (secondary N) is 2. The Morgan fingerprint density at radius 3 is 2.48 bits per heavy atom. The smallest absolute Gasteiger partial charge is 0.325 e. The van der Waals surface area contributed by atoms with Crippen LogP contribution in [0.15, 0.2) is 35.3 Å². The molecule has 0 bridgehead atoms. The van der Waals surface area contributed by atoms with Crippen LogP contribution >= 0.6 is 0 Å². The van der Waals surface area contributed by atoms with E-state index in [0.29, 0.717) is 25.7 Å². The van der Waals surface area contributed by atoms with Gasteiger partial charge in [-0.3, -0.25) is 9.79 Å². The summed E-state index contributed by atoms with van der Waals surface area (Å²) in [7, 11) is 1.65. The van der Waals surface area contributed by atoms with E-state index in [0.717, 1.165) is 5.56 Å². The van der Waals surface area contributed by atoms with Gasteiger partial charge in [0.25, 0.3) is 0 Å². The molecule has 1 aromatic rings. The van der Waals surface area contributed by atoms with E-state index in [1.807, 2.05) is 51.1 Å². The van der Waals surface area contributed by atoms with Crippen molar-refractivity contribution in [3.8, 4) is 0 Å². The third-order valence-electron chi connectivity index (χ3n) is 2.69. The summed E-state index contributed by atoms with van der Waals surface area (Å²) in [5.41, 5.74) is 0.654. The summed E-state index contributed by atoms with van der Waals surface area (Å²) in [6.07, 6.45) is 0. The molecule has 0 heterocycles. The molecular formula is C17H27N3O3. The van der Waals surface area contributed by atoms with Gasteiger partial charge in [0, 0.05) is 13.6 Å². The summed E-state index contributed by atoms with van der Waals surface area (Å²) in [6, 6.07) is 9.99. The molecule has 0 unspecified atom stereocenters.